The number of halogens is 1. The SMILES string of the molecule is COc1ccc(C(=O)C2CCCN(Cc3nc4ccc(F)cc4[nH]3)C2)cc1OC. The van der Waals surface area contributed by atoms with Crippen LogP contribution in [0.2, 0.25) is 0 Å². The lowest BCUT2D eigenvalue weighted by molar-refractivity contribution is 0.0808. The molecule has 1 saturated heterocycles. The van der Waals surface area contributed by atoms with Gasteiger partial charge in [-0.05, 0) is 55.8 Å². The number of hydrogen-bond donors (Lipinski definition) is 1. The van der Waals surface area contributed by atoms with E-state index in [1.807, 2.05) is 0 Å². The first-order valence-corrected chi connectivity index (χ1v) is 9.70. The lowest BCUT2D eigenvalue weighted by Crippen LogP contribution is -2.38. The summed E-state index contributed by atoms with van der Waals surface area (Å²) in [5, 5.41) is 0. The number of hydrogen-bond acceptors (Lipinski definition) is 5. The molecule has 4 rings (SSSR count). The van der Waals surface area contributed by atoms with Gasteiger partial charge >= 0.3 is 0 Å². The minimum Gasteiger partial charge on any atom is -0.493 e. The Kier molecular flexibility index (Phi) is 5.49. The van der Waals surface area contributed by atoms with Gasteiger partial charge in [-0.15, -0.1) is 0 Å². The standard InChI is InChI=1S/C22H24FN3O3/c1-28-19-8-5-14(10-20(19)29-2)22(27)15-4-3-9-26(12-15)13-21-24-17-7-6-16(23)11-18(17)25-21/h5-8,10-11,15H,3-4,9,12-13H2,1-2H3,(H,24,25). The van der Waals surface area contributed by atoms with E-state index in [0.29, 0.717) is 35.7 Å². The van der Waals surface area contributed by atoms with Gasteiger partial charge in [-0.2, -0.15) is 0 Å². The Bertz CT molecular complexity index is 1030. The summed E-state index contributed by atoms with van der Waals surface area (Å²) in [6.07, 6.45) is 1.80. The average Bonchev–Trinajstić information content (AvgIpc) is 3.14. The molecule has 152 valence electrons. The number of imidazole rings is 1. The lowest BCUT2D eigenvalue weighted by atomic mass is 9.90. The van der Waals surface area contributed by atoms with Crippen LogP contribution in [0.15, 0.2) is 36.4 Å². The Morgan fingerprint density at radius 1 is 1.21 bits per heavy atom. The molecule has 1 N–H and O–H groups in total. The van der Waals surface area contributed by atoms with E-state index in [9.17, 15) is 9.18 Å². The maximum Gasteiger partial charge on any atom is 0.167 e. The summed E-state index contributed by atoms with van der Waals surface area (Å²) in [5.41, 5.74) is 2.07. The summed E-state index contributed by atoms with van der Waals surface area (Å²) >= 11 is 0. The van der Waals surface area contributed by atoms with Crippen molar-refractivity contribution in [1.29, 1.82) is 0 Å². The highest BCUT2D eigenvalue weighted by Gasteiger charge is 2.27. The highest BCUT2D eigenvalue weighted by atomic mass is 19.1. The summed E-state index contributed by atoms with van der Waals surface area (Å²) < 4.78 is 24.0. The molecule has 2 aromatic carbocycles. The average molecular weight is 397 g/mol. The molecule has 0 amide bonds. The molecule has 1 unspecified atom stereocenters. The fourth-order valence-corrected chi connectivity index (χ4v) is 3.96. The number of methoxy groups -OCH3 is 2. The predicted octanol–water partition coefficient (Wildman–Crippen LogP) is 3.81. The van der Waals surface area contributed by atoms with Crippen LogP contribution < -0.4 is 9.47 Å². The third-order valence-electron chi connectivity index (χ3n) is 5.41. The maximum atomic E-state index is 13.4. The Balaban J connectivity index is 1.46. The Labute approximate surface area is 168 Å². The second kappa shape index (κ2) is 8.21. The molecule has 1 fully saturated rings. The zero-order chi connectivity index (χ0) is 20.4. The van der Waals surface area contributed by atoms with E-state index in [4.69, 9.17) is 9.47 Å². The molecule has 3 aromatic rings. The topological polar surface area (TPSA) is 67.5 Å². The van der Waals surface area contributed by atoms with Crippen LogP contribution in [0.5, 0.6) is 11.5 Å². The number of H-pyrrole nitrogens is 1. The highest BCUT2D eigenvalue weighted by Crippen LogP contribution is 2.30. The molecule has 0 aliphatic carbocycles. The van der Waals surface area contributed by atoms with Gasteiger partial charge in [0.1, 0.15) is 11.6 Å². The number of likely N-dealkylation sites (tertiary alicyclic amines) is 1. The van der Waals surface area contributed by atoms with E-state index in [2.05, 4.69) is 14.9 Å². The van der Waals surface area contributed by atoms with Crippen LogP contribution in [0.25, 0.3) is 11.0 Å². The number of aromatic nitrogens is 2. The van der Waals surface area contributed by atoms with E-state index >= 15 is 0 Å². The van der Waals surface area contributed by atoms with Crippen molar-refractivity contribution < 1.29 is 18.7 Å². The van der Waals surface area contributed by atoms with Crippen molar-refractivity contribution in [3.8, 4) is 11.5 Å². The molecule has 1 aromatic heterocycles. The van der Waals surface area contributed by atoms with E-state index in [1.165, 1.54) is 12.1 Å². The van der Waals surface area contributed by atoms with Crippen molar-refractivity contribution in [1.82, 2.24) is 14.9 Å². The third-order valence-corrected chi connectivity index (χ3v) is 5.41. The first-order chi connectivity index (χ1) is 14.1. The molecule has 29 heavy (non-hydrogen) atoms. The summed E-state index contributed by atoms with van der Waals surface area (Å²) in [7, 11) is 3.14. The van der Waals surface area contributed by atoms with Gasteiger partial charge in [-0.1, -0.05) is 0 Å². The predicted molar refractivity (Wildman–Crippen MR) is 108 cm³/mol. The second-order valence-corrected chi connectivity index (χ2v) is 7.35. The zero-order valence-corrected chi connectivity index (χ0v) is 16.6. The number of fused-ring (bicyclic) bond motifs is 1. The first kappa shape index (κ1) is 19.4. The summed E-state index contributed by atoms with van der Waals surface area (Å²) in [6.45, 7) is 2.17. The van der Waals surface area contributed by atoms with Crippen molar-refractivity contribution >= 4 is 16.8 Å². The van der Waals surface area contributed by atoms with Crippen molar-refractivity contribution in [2.45, 2.75) is 19.4 Å². The van der Waals surface area contributed by atoms with Gasteiger partial charge < -0.3 is 14.5 Å². The quantitative estimate of drug-likeness (QED) is 0.641. The van der Waals surface area contributed by atoms with E-state index in [0.717, 1.165) is 30.7 Å². The fourth-order valence-electron chi connectivity index (χ4n) is 3.96. The maximum absolute atomic E-state index is 13.4. The minimum absolute atomic E-state index is 0.0799. The van der Waals surface area contributed by atoms with Crippen molar-refractivity contribution in [2.24, 2.45) is 5.92 Å². The van der Waals surface area contributed by atoms with Gasteiger partial charge in [0.25, 0.3) is 0 Å². The van der Waals surface area contributed by atoms with Crippen LogP contribution in [0.1, 0.15) is 29.0 Å². The monoisotopic (exact) mass is 397 g/mol. The number of carbonyl (C=O) groups is 1. The van der Waals surface area contributed by atoms with Crippen LogP contribution in [0.3, 0.4) is 0 Å². The van der Waals surface area contributed by atoms with Gasteiger partial charge in [0.05, 0.1) is 31.8 Å². The smallest absolute Gasteiger partial charge is 0.167 e. The number of piperidine rings is 1. The van der Waals surface area contributed by atoms with E-state index in [1.54, 1.807) is 38.5 Å². The molecular weight excluding hydrogens is 373 g/mol. The molecule has 7 heteroatoms. The molecule has 0 bridgehead atoms. The van der Waals surface area contributed by atoms with Crippen molar-refractivity contribution in [3.05, 3.63) is 53.6 Å². The van der Waals surface area contributed by atoms with E-state index in [-0.39, 0.29) is 17.5 Å². The number of ether oxygens (including phenoxy) is 2. The molecule has 1 aliphatic rings. The van der Waals surface area contributed by atoms with Crippen molar-refractivity contribution in [3.63, 3.8) is 0 Å². The summed E-state index contributed by atoms with van der Waals surface area (Å²) in [6, 6.07) is 9.83. The van der Waals surface area contributed by atoms with Crippen LogP contribution in [-0.2, 0) is 6.54 Å². The second-order valence-electron chi connectivity index (χ2n) is 7.35. The number of benzene rings is 2. The molecule has 2 heterocycles. The minimum atomic E-state index is -0.286. The number of Topliss-reactive ketones (excluding diaryl/α,β-unsaturated/α-hetero) is 1. The number of nitrogens with one attached hydrogen (secondary N) is 1. The van der Waals surface area contributed by atoms with Gasteiger partial charge in [-0.25, -0.2) is 9.37 Å². The summed E-state index contributed by atoms with van der Waals surface area (Å²) in [5.74, 6) is 1.69. The number of rotatable bonds is 6. The molecule has 0 radical (unpaired) electrons. The number of carbonyl (C=O) groups excluding carboxylic acids is 1. The largest absolute Gasteiger partial charge is 0.493 e. The lowest BCUT2D eigenvalue weighted by Gasteiger charge is -2.31. The fraction of sp³-hybridized carbons (Fsp3) is 0.364. The molecule has 0 spiro atoms. The number of ketones is 1. The normalized spacial score (nSPS) is 17.4. The first-order valence-electron chi connectivity index (χ1n) is 9.70. The molecule has 0 saturated carbocycles. The Hall–Kier alpha value is -2.93. The van der Waals surface area contributed by atoms with Crippen LogP contribution in [0, 0.1) is 11.7 Å². The molecule has 1 aliphatic heterocycles. The summed E-state index contributed by atoms with van der Waals surface area (Å²) in [4.78, 5) is 23.0. The molecule has 6 nitrogen and oxygen atoms in total. The number of nitrogens with zero attached hydrogens (tertiary/aromatic N) is 2. The molecule has 1 atom stereocenters. The van der Waals surface area contributed by atoms with E-state index < -0.39 is 0 Å². The Morgan fingerprint density at radius 2 is 2.03 bits per heavy atom. The highest BCUT2D eigenvalue weighted by molar-refractivity contribution is 5.98. The molecular formula is C22H24FN3O3. The van der Waals surface area contributed by atoms with Gasteiger partial charge in [0.2, 0.25) is 0 Å². The van der Waals surface area contributed by atoms with Gasteiger partial charge in [0, 0.05) is 18.0 Å². The Morgan fingerprint density at radius 3 is 2.83 bits per heavy atom. The van der Waals surface area contributed by atoms with Crippen LogP contribution in [0.4, 0.5) is 4.39 Å². The van der Waals surface area contributed by atoms with Gasteiger partial charge in [0.15, 0.2) is 17.3 Å². The van der Waals surface area contributed by atoms with Crippen LogP contribution >= 0.6 is 0 Å². The zero-order valence-electron chi connectivity index (χ0n) is 16.6. The number of aromatic amines is 1. The van der Waals surface area contributed by atoms with Gasteiger partial charge in [-0.3, -0.25) is 9.69 Å². The van der Waals surface area contributed by atoms with Crippen LogP contribution in [-0.4, -0.2) is 48.0 Å². The van der Waals surface area contributed by atoms with Crippen molar-refractivity contribution in [2.75, 3.05) is 27.3 Å². The third kappa shape index (κ3) is 4.10.